The van der Waals surface area contributed by atoms with Crippen LogP contribution in [0.2, 0.25) is 0 Å². The van der Waals surface area contributed by atoms with E-state index in [9.17, 15) is 28.0 Å². The molecule has 116 valence electrons. The number of likely N-dealkylation sites (N-methyl/N-ethyl adjacent to an activating group) is 1. The highest BCUT2D eigenvalue weighted by atomic mass is 32.2. The van der Waals surface area contributed by atoms with Crippen LogP contribution in [-0.2, 0) is 10.0 Å². The quantitative estimate of drug-likeness (QED) is 0.581. The third-order valence-electron chi connectivity index (χ3n) is 3.41. The second-order valence-electron chi connectivity index (χ2n) is 4.68. The van der Waals surface area contributed by atoms with Crippen molar-refractivity contribution in [2.75, 3.05) is 20.1 Å². The Labute approximate surface area is 120 Å². The number of nitro groups is 1. The highest BCUT2D eigenvalue weighted by molar-refractivity contribution is 7.89. The minimum Gasteiger partial charge on any atom is -0.390 e. The van der Waals surface area contributed by atoms with Gasteiger partial charge in [0.05, 0.1) is 22.0 Å². The molecule has 1 fully saturated rings. The number of nitro benzene ring substituents is 1. The topological polar surface area (TPSA) is 113 Å². The standard InChI is InChI=1S/C11H14FN3O5S/c1-14(10-5-13-6-11(10)16)21(19,20)7-2-3-8(12)9(4-7)15(17)18/h2-4,10-11,13,16H,5-6H2,1H3/t10-,11-/m1/s1. The van der Waals surface area contributed by atoms with E-state index >= 15 is 0 Å². The highest BCUT2D eigenvalue weighted by Crippen LogP contribution is 2.25. The summed E-state index contributed by atoms with van der Waals surface area (Å²) in [5.74, 6) is -1.11. The second kappa shape index (κ2) is 5.64. The summed E-state index contributed by atoms with van der Waals surface area (Å²) in [6, 6.07) is 1.69. The number of aliphatic hydroxyl groups excluding tert-OH is 1. The summed E-state index contributed by atoms with van der Waals surface area (Å²) in [6.45, 7) is 0.522. The molecule has 0 saturated carbocycles. The minimum absolute atomic E-state index is 0.258. The largest absolute Gasteiger partial charge is 0.390 e. The Bertz CT molecular complexity index is 666. The number of β-amino-alcohol motifs (C(OH)–C–C–N with tert-alkyl or cyclic N) is 1. The van der Waals surface area contributed by atoms with Crippen LogP contribution in [0, 0.1) is 15.9 Å². The Morgan fingerprint density at radius 1 is 1.48 bits per heavy atom. The molecule has 0 aliphatic carbocycles. The van der Waals surface area contributed by atoms with Gasteiger partial charge in [0.1, 0.15) is 0 Å². The van der Waals surface area contributed by atoms with E-state index in [4.69, 9.17) is 0 Å². The van der Waals surface area contributed by atoms with Crippen molar-refractivity contribution in [2.24, 2.45) is 0 Å². The predicted molar refractivity (Wildman–Crippen MR) is 70.7 cm³/mol. The number of nitrogens with zero attached hydrogens (tertiary/aromatic N) is 2. The Balaban J connectivity index is 2.39. The van der Waals surface area contributed by atoms with E-state index in [1.165, 1.54) is 7.05 Å². The number of hydrogen-bond donors (Lipinski definition) is 2. The van der Waals surface area contributed by atoms with E-state index in [1.54, 1.807) is 0 Å². The molecule has 1 aliphatic rings. The lowest BCUT2D eigenvalue weighted by molar-refractivity contribution is -0.387. The van der Waals surface area contributed by atoms with Gasteiger partial charge in [-0.2, -0.15) is 8.70 Å². The van der Waals surface area contributed by atoms with Crippen molar-refractivity contribution in [3.63, 3.8) is 0 Å². The summed E-state index contributed by atoms with van der Waals surface area (Å²) in [4.78, 5) is 9.31. The summed E-state index contributed by atoms with van der Waals surface area (Å²) in [6.07, 6.45) is -0.875. The fourth-order valence-corrected chi connectivity index (χ4v) is 3.56. The first-order chi connectivity index (χ1) is 9.75. The Hall–Kier alpha value is -1.62. The number of nitrogens with one attached hydrogen (secondary N) is 1. The molecule has 10 heteroatoms. The molecular weight excluding hydrogens is 305 g/mol. The maximum absolute atomic E-state index is 13.3. The Kier molecular flexibility index (Phi) is 4.23. The van der Waals surface area contributed by atoms with Gasteiger partial charge in [0, 0.05) is 26.2 Å². The zero-order valence-electron chi connectivity index (χ0n) is 11.1. The zero-order valence-corrected chi connectivity index (χ0v) is 11.9. The molecule has 2 atom stereocenters. The second-order valence-corrected chi connectivity index (χ2v) is 6.68. The summed E-state index contributed by atoms with van der Waals surface area (Å²) in [7, 11) is -2.80. The van der Waals surface area contributed by atoms with Gasteiger partial charge in [0.15, 0.2) is 0 Å². The zero-order chi connectivity index (χ0) is 15.8. The molecule has 0 spiro atoms. The molecule has 1 aliphatic heterocycles. The smallest absolute Gasteiger partial charge is 0.306 e. The van der Waals surface area contributed by atoms with E-state index in [0.717, 1.165) is 16.4 Å². The maximum atomic E-state index is 13.3. The van der Waals surface area contributed by atoms with Gasteiger partial charge in [-0.1, -0.05) is 0 Å². The third-order valence-corrected chi connectivity index (χ3v) is 5.29. The number of hydrogen-bond acceptors (Lipinski definition) is 6. The summed E-state index contributed by atoms with van der Waals surface area (Å²) >= 11 is 0. The van der Waals surface area contributed by atoms with E-state index in [2.05, 4.69) is 5.32 Å². The third kappa shape index (κ3) is 2.88. The van der Waals surface area contributed by atoms with Gasteiger partial charge in [0.25, 0.3) is 0 Å². The lowest BCUT2D eigenvalue weighted by atomic mass is 10.2. The molecule has 0 radical (unpaired) electrons. The van der Waals surface area contributed by atoms with Gasteiger partial charge < -0.3 is 10.4 Å². The van der Waals surface area contributed by atoms with Gasteiger partial charge in [0.2, 0.25) is 15.8 Å². The number of aliphatic hydroxyl groups is 1. The highest BCUT2D eigenvalue weighted by Gasteiger charge is 2.36. The molecule has 0 aromatic heterocycles. The molecule has 2 rings (SSSR count). The monoisotopic (exact) mass is 319 g/mol. The van der Waals surface area contributed by atoms with Crippen molar-refractivity contribution < 1.29 is 22.8 Å². The first-order valence-electron chi connectivity index (χ1n) is 6.06. The van der Waals surface area contributed by atoms with E-state index < -0.39 is 43.5 Å². The average Bonchev–Trinajstić information content (AvgIpc) is 2.83. The molecule has 21 heavy (non-hydrogen) atoms. The predicted octanol–water partition coefficient (Wildman–Crippen LogP) is -0.313. The van der Waals surface area contributed by atoms with Crippen LogP contribution in [0.15, 0.2) is 23.1 Å². The molecule has 1 aromatic rings. The van der Waals surface area contributed by atoms with Crippen LogP contribution in [0.25, 0.3) is 0 Å². The molecule has 8 nitrogen and oxygen atoms in total. The van der Waals surface area contributed by atoms with Crippen LogP contribution in [0.5, 0.6) is 0 Å². The Morgan fingerprint density at radius 2 is 2.14 bits per heavy atom. The van der Waals surface area contributed by atoms with Gasteiger partial charge >= 0.3 is 5.69 Å². The van der Waals surface area contributed by atoms with Crippen molar-refractivity contribution in [1.82, 2.24) is 9.62 Å². The van der Waals surface area contributed by atoms with Crippen molar-refractivity contribution in [2.45, 2.75) is 17.0 Å². The normalized spacial score (nSPS) is 22.7. The van der Waals surface area contributed by atoms with Gasteiger partial charge in [-0.15, -0.1) is 0 Å². The maximum Gasteiger partial charge on any atom is 0.306 e. The summed E-state index contributed by atoms with van der Waals surface area (Å²) < 4.78 is 39.0. The number of rotatable bonds is 4. The van der Waals surface area contributed by atoms with Crippen LogP contribution in [-0.4, -0.2) is 55.0 Å². The Morgan fingerprint density at radius 3 is 2.67 bits per heavy atom. The van der Waals surface area contributed by atoms with E-state index in [0.29, 0.717) is 6.07 Å². The van der Waals surface area contributed by atoms with Crippen LogP contribution in [0.4, 0.5) is 10.1 Å². The van der Waals surface area contributed by atoms with Gasteiger partial charge in [-0.3, -0.25) is 10.1 Å². The number of sulfonamides is 1. The summed E-state index contributed by atoms with van der Waals surface area (Å²) in [5, 5.41) is 23.2. The van der Waals surface area contributed by atoms with Crippen molar-refractivity contribution in [3.05, 3.63) is 34.1 Å². The molecule has 1 saturated heterocycles. The molecule has 1 aromatic carbocycles. The van der Waals surface area contributed by atoms with E-state index in [-0.39, 0.29) is 13.1 Å². The fraction of sp³-hybridized carbons (Fsp3) is 0.455. The number of halogens is 1. The molecule has 0 amide bonds. The van der Waals surface area contributed by atoms with Crippen molar-refractivity contribution in [3.8, 4) is 0 Å². The van der Waals surface area contributed by atoms with Gasteiger partial charge in [-0.05, 0) is 12.1 Å². The lowest BCUT2D eigenvalue weighted by Gasteiger charge is -2.25. The molecular formula is C11H14FN3O5S. The first-order valence-corrected chi connectivity index (χ1v) is 7.50. The minimum atomic E-state index is -4.07. The summed E-state index contributed by atoms with van der Waals surface area (Å²) in [5.41, 5.74) is -0.908. The molecule has 1 heterocycles. The lowest BCUT2D eigenvalue weighted by Crippen LogP contribution is -2.44. The molecule has 2 N–H and O–H groups in total. The van der Waals surface area contributed by atoms with Crippen LogP contribution < -0.4 is 5.32 Å². The van der Waals surface area contributed by atoms with E-state index in [1.807, 2.05) is 0 Å². The first kappa shape index (κ1) is 15.8. The van der Waals surface area contributed by atoms with Crippen LogP contribution >= 0.6 is 0 Å². The van der Waals surface area contributed by atoms with Crippen LogP contribution in [0.1, 0.15) is 0 Å². The SMILES string of the molecule is CN([C@@H]1CNC[C@H]1O)S(=O)(=O)c1ccc(F)c([N+](=O)[O-])c1. The van der Waals surface area contributed by atoms with Crippen LogP contribution in [0.3, 0.4) is 0 Å². The van der Waals surface area contributed by atoms with Gasteiger partial charge in [-0.25, -0.2) is 8.42 Å². The average molecular weight is 319 g/mol. The fourth-order valence-electron chi connectivity index (χ4n) is 2.16. The van der Waals surface area contributed by atoms with Crippen molar-refractivity contribution in [1.29, 1.82) is 0 Å². The number of benzene rings is 1. The molecule has 0 bridgehead atoms. The molecule has 0 unspecified atom stereocenters. The van der Waals surface area contributed by atoms with Crippen molar-refractivity contribution >= 4 is 15.7 Å².